The molecular formula is C20H21N3O3. The van der Waals surface area contributed by atoms with Gasteiger partial charge in [0.25, 0.3) is 0 Å². The third-order valence-corrected chi connectivity index (χ3v) is 4.11. The Balaban J connectivity index is 1.54. The van der Waals surface area contributed by atoms with Crippen LogP contribution in [0.4, 0.5) is 0 Å². The zero-order valence-electron chi connectivity index (χ0n) is 14.8. The Morgan fingerprint density at radius 1 is 1.15 bits per heavy atom. The number of fused-ring (bicyclic) bond motifs is 1. The molecule has 134 valence electrons. The maximum Gasteiger partial charge on any atom is 0.240 e. The zero-order chi connectivity index (χ0) is 18.4. The number of methoxy groups -OCH3 is 2. The first-order chi connectivity index (χ1) is 12.7. The minimum absolute atomic E-state index is 0.132. The highest BCUT2D eigenvalue weighted by molar-refractivity contribution is 5.85. The third-order valence-electron chi connectivity index (χ3n) is 4.11. The SMILES string of the molecule is COc1ccc(/C=N\NC(=O)CCc2c[nH]c3ccccc23)cc1OC. The Labute approximate surface area is 151 Å². The summed E-state index contributed by atoms with van der Waals surface area (Å²) < 4.78 is 10.4. The van der Waals surface area contributed by atoms with E-state index >= 15 is 0 Å². The van der Waals surface area contributed by atoms with E-state index in [9.17, 15) is 4.79 Å². The summed E-state index contributed by atoms with van der Waals surface area (Å²) in [5.74, 6) is 1.13. The number of rotatable bonds is 7. The van der Waals surface area contributed by atoms with Gasteiger partial charge in [-0.15, -0.1) is 0 Å². The van der Waals surface area contributed by atoms with Crippen LogP contribution in [0.3, 0.4) is 0 Å². The lowest BCUT2D eigenvalue weighted by atomic mass is 10.1. The van der Waals surface area contributed by atoms with Crippen LogP contribution in [0.2, 0.25) is 0 Å². The van der Waals surface area contributed by atoms with Crippen molar-refractivity contribution in [1.29, 1.82) is 0 Å². The van der Waals surface area contributed by atoms with Gasteiger partial charge in [-0.1, -0.05) is 18.2 Å². The van der Waals surface area contributed by atoms with E-state index in [2.05, 4.69) is 15.5 Å². The Morgan fingerprint density at radius 3 is 2.77 bits per heavy atom. The van der Waals surface area contributed by atoms with Crippen LogP contribution in [0.1, 0.15) is 17.5 Å². The second-order valence-electron chi connectivity index (χ2n) is 5.77. The van der Waals surface area contributed by atoms with Crippen molar-refractivity contribution in [2.45, 2.75) is 12.8 Å². The molecule has 26 heavy (non-hydrogen) atoms. The third kappa shape index (κ3) is 4.03. The van der Waals surface area contributed by atoms with Crippen LogP contribution in [-0.4, -0.2) is 31.3 Å². The Bertz CT molecular complexity index is 931. The van der Waals surface area contributed by atoms with Crippen LogP contribution in [-0.2, 0) is 11.2 Å². The summed E-state index contributed by atoms with van der Waals surface area (Å²) in [4.78, 5) is 15.2. The van der Waals surface area contributed by atoms with E-state index in [1.807, 2.05) is 36.5 Å². The molecule has 0 aliphatic heterocycles. The fourth-order valence-corrected chi connectivity index (χ4v) is 2.75. The van der Waals surface area contributed by atoms with Crippen LogP contribution in [0.25, 0.3) is 10.9 Å². The Hall–Kier alpha value is -3.28. The molecule has 2 aromatic carbocycles. The molecule has 6 nitrogen and oxygen atoms in total. The highest BCUT2D eigenvalue weighted by Crippen LogP contribution is 2.26. The maximum absolute atomic E-state index is 12.0. The lowest BCUT2D eigenvalue weighted by molar-refractivity contribution is -0.121. The van der Waals surface area contributed by atoms with Crippen LogP contribution < -0.4 is 14.9 Å². The molecule has 0 aliphatic rings. The molecule has 0 saturated carbocycles. The quantitative estimate of drug-likeness (QED) is 0.507. The number of amides is 1. The molecule has 0 saturated heterocycles. The number of benzene rings is 2. The molecule has 0 spiro atoms. The van der Waals surface area contributed by atoms with E-state index in [4.69, 9.17) is 9.47 Å². The van der Waals surface area contributed by atoms with Crippen molar-refractivity contribution in [3.05, 3.63) is 59.8 Å². The van der Waals surface area contributed by atoms with Gasteiger partial charge in [0.2, 0.25) is 5.91 Å². The Kier molecular flexibility index (Phi) is 5.53. The van der Waals surface area contributed by atoms with E-state index in [0.29, 0.717) is 24.3 Å². The molecule has 1 amide bonds. The van der Waals surface area contributed by atoms with E-state index in [-0.39, 0.29) is 5.91 Å². The zero-order valence-corrected chi connectivity index (χ0v) is 14.8. The van der Waals surface area contributed by atoms with Gasteiger partial charge in [0, 0.05) is 23.5 Å². The number of aromatic amines is 1. The summed E-state index contributed by atoms with van der Waals surface area (Å²) in [5, 5.41) is 5.15. The lowest BCUT2D eigenvalue weighted by Gasteiger charge is -2.07. The molecule has 0 atom stereocenters. The van der Waals surface area contributed by atoms with Crippen LogP contribution in [0.15, 0.2) is 53.8 Å². The molecule has 6 heteroatoms. The summed E-state index contributed by atoms with van der Waals surface area (Å²) in [6.45, 7) is 0. The summed E-state index contributed by atoms with van der Waals surface area (Å²) >= 11 is 0. The van der Waals surface area contributed by atoms with E-state index < -0.39 is 0 Å². The van der Waals surface area contributed by atoms with Crippen molar-refractivity contribution < 1.29 is 14.3 Å². The van der Waals surface area contributed by atoms with Crippen molar-refractivity contribution in [3.8, 4) is 11.5 Å². The van der Waals surface area contributed by atoms with Crippen molar-refractivity contribution in [1.82, 2.24) is 10.4 Å². The van der Waals surface area contributed by atoms with Gasteiger partial charge in [-0.25, -0.2) is 5.43 Å². The van der Waals surface area contributed by atoms with Crippen molar-refractivity contribution >= 4 is 23.0 Å². The number of carbonyl (C=O) groups excluding carboxylic acids is 1. The second kappa shape index (κ2) is 8.20. The monoisotopic (exact) mass is 351 g/mol. The number of hydrogen-bond donors (Lipinski definition) is 2. The molecule has 1 aromatic heterocycles. The minimum atomic E-state index is -0.132. The average molecular weight is 351 g/mol. The molecule has 0 radical (unpaired) electrons. The number of hydrogen-bond acceptors (Lipinski definition) is 4. The Morgan fingerprint density at radius 2 is 1.96 bits per heavy atom. The second-order valence-corrected chi connectivity index (χ2v) is 5.77. The smallest absolute Gasteiger partial charge is 0.240 e. The fraction of sp³-hybridized carbons (Fsp3) is 0.200. The van der Waals surface area contributed by atoms with Crippen molar-refractivity contribution in [2.75, 3.05) is 14.2 Å². The normalized spacial score (nSPS) is 11.0. The van der Waals surface area contributed by atoms with Gasteiger partial charge in [0.05, 0.1) is 20.4 Å². The number of hydrazone groups is 1. The average Bonchev–Trinajstić information content (AvgIpc) is 3.09. The number of H-pyrrole nitrogens is 1. The van der Waals surface area contributed by atoms with Crippen molar-refractivity contribution in [3.63, 3.8) is 0 Å². The molecular weight excluding hydrogens is 330 g/mol. The number of aromatic nitrogens is 1. The van der Waals surface area contributed by atoms with E-state index in [1.165, 1.54) is 0 Å². The molecule has 0 bridgehead atoms. The molecule has 0 unspecified atom stereocenters. The van der Waals surface area contributed by atoms with E-state index in [0.717, 1.165) is 22.0 Å². The molecule has 0 aliphatic carbocycles. The molecule has 1 heterocycles. The fourth-order valence-electron chi connectivity index (χ4n) is 2.75. The number of para-hydroxylation sites is 1. The van der Waals surface area contributed by atoms with Crippen LogP contribution in [0.5, 0.6) is 11.5 Å². The predicted octanol–water partition coefficient (Wildman–Crippen LogP) is 3.27. The largest absolute Gasteiger partial charge is 0.493 e. The van der Waals surface area contributed by atoms with Crippen LogP contribution in [0, 0.1) is 0 Å². The first-order valence-electron chi connectivity index (χ1n) is 8.30. The molecule has 2 N–H and O–H groups in total. The summed E-state index contributed by atoms with van der Waals surface area (Å²) in [6.07, 6.45) is 4.54. The summed E-state index contributed by atoms with van der Waals surface area (Å²) in [5.41, 5.74) is 5.56. The first-order valence-corrected chi connectivity index (χ1v) is 8.30. The van der Waals surface area contributed by atoms with Gasteiger partial charge < -0.3 is 14.5 Å². The predicted molar refractivity (Wildman–Crippen MR) is 102 cm³/mol. The number of nitrogens with one attached hydrogen (secondary N) is 2. The first kappa shape index (κ1) is 17.5. The van der Waals surface area contributed by atoms with Gasteiger partial charge in [-0.2, -0.15) is 5.10 Å². The van der Waals surface area contributed by atoms with Gasteiger partial charge in [0.15, 0.2) is 11.5 Å². The number of aryl methyl sites for hydroxylation is 1. The lowest BCUT2D eigenvalue weighted by Crippen LogP contribution is -2.17. The van der Waals surface area contributed by atoms with Gasteiger partial charge in [0.1, 0.15) is 0 Å². The van der Waals surface area contributed by atoms with Crippen molar-refractivity contribution in [2.24, 2.45) is 5.10 Å². The minimum Gasteiger partial charge on any atom is -0.493 e. The number of nitrogens with zero attached hydrogens (tertiary/aromatic N) is 1. The standard InChI is InChI=1S/C20H21N3O3/c1-25-18-9-7-14(11-19(18)26-2)12-22-23-20(24)10-8-15-13-21-17-6-4-3-5-16(15)17/h3-7,9,11-13,21H,8,10H2,1-2H3,(H,23,24)/b22-12-. The topological polar surface area (TPSA) is 75.7 Å². The molecule has 3 aromatic rings. The number of ether oxygens (including phenoxy) is 2. The number of carbonyl (C=O) groups is 1. The van der Waals surface area contributed by atoms with Gasteiger partial charge >= 0.3 is 0 Å². The van der Waals surface area contributed by atoms with Gasteiger partial charge in [-0.05, 0) is 41.8 Å². The summed E-state index contributed by atoms with van der Waals surface area (Å²) in [6, 6.07) is 13.5. The maximum atomic E-state index is 12.0. The van der Waals surface area contributed by atoms with Crippen LogP contribution >= 0.6 is 0 Å². The summed E-state index contributed by atoms with van der Waals surface area (Å²) in [7, 11) is 3.16. The van der Waals surface area contributed by atoms with E-state index in [1.54, 1.807) is 32.6 Å². The molecule has 0 fully saturated rings. The molecule has 3 rings (SSSR count). The highest BCUT2D eigenvalue weighted by atomic mass is 16.5. The highest BCUT2D eigenvalue weighted by Gasteiger charge is 2.06. The van der Waals surface area contributed by atoms with Gasteiger partial charge in [-0.3, -0.25) is 4.79 Å².